The predicted octanol–water partition coefficient (Wildman–Crippen LogP) is -0.258. The summed E-state index contributed by atoms with van der Waals surface area (Å²) in [5, 5.41) is 23.9. The lowest BCUT2D eigenvalue weighted by atomic mass is 10.2. The zero-order chi connectivity index (χ0) is 20.7. The van der Waals surface area contributed by atoms with Gasteiger partial charge in [-0.05, 0) is 36.6 Å². The van der Waals surface area contributed by atoms with E-state index in [0.717, 1.165) is 18.4 Å². The number of aliphatic hydroxyl groups excluding tert-OH is 1. The second-order valence-corrected chi connectivity index (χ2v) is 6.89. The highest BCUT2D eigenvalue weighted by Gasteiger charge is 2.21. The summed E-state index contributed by atoms with van der Waals surface area (Å²) in [5.41, 5.74) is 1.21. The number of aliphatic hydroxyl groups is 1. The van der Waals surface area contributed by atoms with Crippen molar-refractivity contribution in [3.05, 3.63) is 63.0 Å². The van der Waals surface area contributed by atoms with Crippen molar-refractivity contribution in [1.29, 1.82) is 0 Å². The minimum absolute atomic E-state index is 0.0593. The Labute approximate surface area is 168 Å². The number of nitrogens with zero attached hydrogens (tertiary/aromatic N) is 5. The number of aromatic hydroxyl groups is 1. The number of aromatic nitrogens is 6. The van der Waals surface area contributed by atoms with Gasteiger partial charge in [0.05, 0.1) is 18.8 Å². The standard InChI is InChI=1S/C19H17N7O4/c27-9-10-1-5-13(6-2-10)30-19-23-15-11(7-14-16(28)24-18(29)22-14)8-20-26(15)17(25-19)21-12-3-4-12/h1-2,5-8,12,27-28H,3-4,9H2,(H2,22,24,29)/b11-7-,21-17?. The summed E-state index contributed by atoms with van der Waals surface area (Å²) in [6.45, 7) is -0.0593. The van der Waals surface area contributed by atoms with Gasteiger partial charge < -0.3 is 19.9 Å². The molecular formula is C19H17N7O4. The summed E-state index contributed by atoms with van der Waals surface area (Å²) in [6, 6.07) is 7.19. The lowest BCUT2D eigenvalue weighted by Crippen LogP contribution is -2.23. The van der Waals surface area contributed by atoms with Gasteiger partial charge in [-0.2, -0.15) is 19.6 Å². The molecule has 5 rings (SSSR count). The van der Waals surface area contributed by atoms with Crippen LogP contribution in [0.25, 0.3) is 11.7 Å². The van der Waals surface area contributed by atoms with E-state index in [9.17, 15) is 15.0 Å². The lowest BCUT2D eigenvalue weighted by molar-refractivity contribution is 0.281. The Kier molecular flexibility index (Phi) is 4.29. The Balaban J connectivity index is 1.64. The quantitative estimate of drug-likeness (QED) is 0.355. The van der Waals surface area contributed by atoms with Crippen LogP contribution >= 0.6 is 0 Å². The smallest absolute Gasteiger partial charge is 0.327 e. The van der Waals surface area contributed by atoms with Crippen LogP contribution in [0.5, 0.6) is 17.6 Å². The zero-order valence-electron chi connectivity index (χ0n) is 15.6. The fourth-order valence-corrected chi connectivity index (χ4v) is 2.88. The predicted molar refractivity (Wildman–Crippen MR) is 104 cm³/mol. The third-order valence-electron chi connectivity index (χ3n) is 4.55. The molecule has 0 saturated heterocycles. The maximum atomic E-state index is 11.4. The summed E-state index contributed by atoms with van der Waals surface area (Å²) < 4.78 is 7.29. The Bertz CT molecular complexity index is 1400. The number of benzene rings is 1. The van der Waals surface area contributed by atoms with Crippen molar-refractivity contribution >= 4 is 11.7 Å². The number of rotatable bonds is 5. The van der Waals surface area contributed by atoms with Gasteiger partial charge in [0.15, 0.2) is 5.65 Å². The first kappa shape index (κ1) is 18.1. The van der Waals surface area contributed by atoms with Crippen LogP contribution in [0.3, 0.4) is 0 Å². The van der Waals surface area contributed by atoms with Crippen LogP contribution in [-0.4, -0.2) is 45.8 Å². The van der Waals surface area contributed by atoms with Crippen molar-refractivity contribution in [2.45, 2.75) is 25.5 Å². The van der Waals surface area contributed by atoms with Gasteiger partial charge >= 0.3 is 11.7 Å². The SMILES string of the molecule is O=c1[nH]c(O)c(/C=c2/cnn3c(=NC4CC4)nc(Oc4ccc(CO)cc4)nc23)[nH]1. The summed E-state index contributed by atoms with van der Waals surface area (Å²) in [4.78, 5) is 29.6. The minimum Gasteiger partial charge on any atom is -0.493 e. The summed E-state index contributed by atoms with van der Waals surface area (Å²) in [6.07, 6.45) is 5.07. The highest BCUT2D eigenvalue weighted by atomic mass is 16.5. The third kappa shape index (κ3) is 3.53. The molecule has 1 fully saturated rings. The van der Waals surface area contributed by atoms with E-state index in [2.05, 4.69) is 30.0 Å². The molecule has 0 spiro atoms. The Morgan fingerprint density at radius 3 is 2.70 bits per heavy atom. The average Bonchev–Trinajstić information content (AvgIpc) is 3.37. The van der Waals surface area contributed by atoms with Crippen molar-refractivity contribution in [2.24, 2.45) is 4.99 Å². The first-order chi connectivity index (χ1) is 14.6. The maximum absolute atomic E-state index is 11.4. The molecule has 30 heavy (non-hydrogen) atoms. The van der Waals surface area contributed by atoms with Crippen LogP contribution in [0.1, 0.15) is 24.1 Å². The maximum Gasteiger partial charge on any atom is 0.327 e. The largest absolute Gasteiger partial charge is 0.493 e. The molecule has 1 saturated carbocycles. The topological polar surface area (TPSA) is 154 Å². The highest BCUT2D eigenvalue weighted by Crippen LogP contribution is 2.22. The van der Waals surface area contributed by atoms with Gasteiger partial charge in [-0.3, -0.25) is 4.98 Å². The van der Waals surface area contributed by atoms with Crippen LogP contribution in [0.15, 0.2) is 40.2 Å². The third-order valence-corrected chi connectivity index (χ3v) is 4.55. The molecule has 0 atom stereocenters. The molecule has 4 aromatic rings. The van der Waals surface area contributed by atoms with Gasteiger partial charge in [-0.25, -0.2) is 9.79 Å². The molecule has 4 N–H and O–H groups in total. The number of ether oxygens (including phenoxy) is 1. The number of aromatic amines is 2. The van der Waals surface area contributed by atoms with Gasteiger partial charge in [0, 0.05) is 5.22 Å². The molecule has 1 aliphatic carbocycles. The van der Waals surface area contributed by atoms with E-state index in [1.807, 2.05) is 0 Å². The average molecular weight is 407 g/mol. The van der Waals surface area contributed by atoms with E-state index < -0.39 is 5.69 Å². The fraction of sp³-hybridized carbons (Fsp3) is 0.211. The molecule has 0 bridgehead atoms. The van der Waals surface area contributed by atoms with Crippen molar-refractivity contribution in [2.75, 3.05) is 0 Å². The lowest BCUT2D eigenvalue weighted by Gasteiger charge is -2.05. The molecule has 0 radical (unpaired) electrons. The molecular weight excluding hydrogens is 390 g/mol. The number of hydrogen-bond acceptors (Lipinski definition) is 8. The number of fused-ring (bicyclic) bond motifs is 1. The van der Waals surface area contributed by atoms with Gasteiger partial charge in [0.25, 0.3) is 5.62 Å². The van der Waals surface area contributed by atoms with Crippen molar-refractivity contribution in [3.8, 4) is 17.6 Å². The van der Waals surface area contributed by atoms with Crippen molar-refractivity contribution < 1.29 is 14.9 Å². The number of H-pyrrole nitrogens is 2. The molecule has 0 unspecified atom stereocenters. The van der Waals surface area contributed by atoms with Gasteiger partial charge in [0.2, 0.25) is 5.88 Å². The monoisotopic (exact) mass is 407 g/mol. The molecule has 11 heteroatoms. The van der Waals surface area contributed by atoms with Crippen LogP contribution in [0.2, 0.25) is 0 Å². The molecule has 3 heterocycles. The molecule has 0 amide bonds. The van der Waals surface area contributed by atoms with Gasteiger partial charge in [0.1, 0.15) is 11.4 Å². The second kappa shape index (κ2) is 7.12. The normalized spacial score (nSPS) is 15.2. The summed E-state index contributed by atoms with van der Waals surface area (Å²) in [7, 11) is 0. The number of imidazole rings is 1. The Morgan fingerprint density at radius 1 is 1.23 bits per heavy atom. The molecule has 3 aromatic heterocycles. The van der Waals surface area contributed by atoms with Gasteiger partial charge in [-0.15, -0.1) is 0 Å². The minimum atomic E-state index is -0.523. The zero-order valence-corrected chi connectivity index (χ0v) is 15.6. The molecule has 1 aromatic carbocycles. The van der Waals surface area contributed by atoms with Crippen molar-refractivity contribution in [1.82, 2.24) is 29.5 Å². The first-order valence-electron chi connectivity index (χ1n) is 9.29. The van der Waals surface area contributed by atoms with E-state index in [-0.39, 0.29) is 30.2 Å². The van der Waals surface area contributed by atoms with E-state index in [1.54, 1.807) is 36.5 Å². The molecule has 11 nitrogen and oxygen atoms in total. The highest BCUT2D eigenvalue weighted by molar-refractivity contribution is 5.56. The van der Waals surface area contributed by atoms with E-state index >= 15 is 0 Å². The Morgan fingerprint density at radius 2 is 2.03 bits per heavy atom. The molecule has 1 aliphatic rings. The van der Waals surface area contributed by atoms with Crippen LogP contribution < -0.4 is 21.3 Å². The molecule has 152 valence electrons. The van der Waals surface area contributed by atoms with Crippen LogP contribution in [-0.2, 0) is 6.61 Å². The van der Waals surface area contributed by atoms with E-state index in [0.29, 0.717) is 22.2 Å². The van der Waals surface area contributed by atoms with E-state index in [1.165, 1.54) is 4.52 Å². The number of nitrogens with one attached hydrogen (secondary N) is 2. The summed E-state index contributed by atoms with van der Waals surface area (Å²) in [5.74, 6) is 0.225. The van der Waals surface area contributed by atoms with E-state index in [4.69, 9.17) is 4.74 Å². The Hall–Kier alpha value is -3.99. The second-order valence-electron chi connectivity index (χ2n) is 6.89. The number of hydrogen-bond donors (Lipinski definition) is 4. The van der Waals surface area contributed by atoms with Gasteiger partial charge in [-0.1, -0.05) is 12.1 Å². The van der Waals surface area contributed by atoms with Crippen LogP contribution in [0.4, 0.5) is 0 Å². The fourth-order valence-electron chi connectivity index (χ4n) is 2.88. The van der Waals surface area contributed by atoms with Crippen molar-refractivity contribution in [3.63, 3.8) is 0 Å². The summed E-state index contributed by atoms with van der Waals surface area (Å²) >= 11 is 0. The van der Waals surface area contributed by atoms with Crippen LogP contribution in [0, 0.1) is 0 Å². The first-order valence-corrected chi connectivity index (χ1v) is 9.29. The molecule has 0 aliphatic heterocycles.